The van der Waals surface area contributed by atoms with Crippen LogP contribution in [0.5, 0.6) is 0 Å². The average Bonchev–Trinajstić information content (AvgIpc) is 3.36. The lowest BCUT2D eigenvalue weighted by atomic mass is 9.83. The molecule has 2 fully saturated rings. The third-order valence-corrected chi connectivity index (χ3v) is 6.92. The zero-order valence-corrected chi connectivity index (χ0v) is 18.2. The fourth-order valence-electron chi connectivity index (χ4n) is 5.44. The largest absolute Gasteiger partial charge is 0.292 e. The number of hydrazone groups is 1. The van der Waals surface area contributed by atoms with Gasteiger partial charge in [0.25, 0.3) is 5.69 Å². The Morgan fingerprint density at radius 1 is 0.886 bits per heavy atom. The van der Waals surface area contributed by atoms with Crippen molar-refractivity contribution in [2.75, 3.05) is 4.90 Å². The average molecular weight is 466 g/mol. The topological polar surface area (TPSA) is 113 Å². The van der Waals surface area contributed by atoms with Gasteiger partial charge in [0.1, 0.15) is 6.04 Å². The molecule has 172 valence electrons. The fourth-order valence-corrected chi connectivity index (χ4v) is 5.44. The van der Waals surface area contributed by atoms with Gasteiger partial charge >= 0.3 is 0 Å². The summed E-state index contributed by atoms with van der Waals surface area (Å²) in [6.45, 7) is 0. The summed E-state index contributed by atoms with van der Waals surface area (Å²) in [5, 5.41) is 17.4. The summed E-state index contributed by atoms with van der Waals surface area (Å²) in [6, 6.07) is 19.9. The first-order valence-corrected chi connectivity index (χ1v) is 11.1. The van der Waals surface area contributed by atoms with Crippen LogP contribution in [0.3, 0.4) is 0 Å². The molecule has 3 aliphatic heterocycles. The highest BCUT2D eigenvalue weighted by atomic mass is 16.6. The molecule has 3 aliphatic rings. The smallest absolute Gasteiger partial charge is 0.271 e. The molecule has 0 aliphatic carbocycles. The molecule has 9 heteroatoms. The number of hydrogen-bond acceptors (Lipinski definition) is 7. The number of carbonyl (C=O) groups is 3. The summed E-state index contributed by atoms with van der Waals surface area (Å²) in [4.78, 5) is 53.0. The van der Waals surface area contributed by atoms with Gasteiger partial charge in [0, 0.05) is 17.7 Å². The maximum atomic E-state index is 13.8. The second-order valence-corrected chi connectivity index (χ2v) is 8.71. The van der Waals surface area contributed by atoms with Crippen molar-refractivity contribution in [2.45, 2.75) is 12.1 Å². The first-order chi connectivity index (χ1) is 17.0. The van der Waals surface area contributed by atoms with Crippen LogP contribution in [-0.2, 0) is 9.59 Å². The lowest BCUT2D eigenvalue weighted by Crippen LogP contribution is -2.44. The number of benzene rings is 3. The molecular weight excluding hydrogens is 448 g/mol. The predicted octanol–water partition coefficient (Wildman–Crippen LogP) is 3.36. The highest BCUT2D eigenvalue weighted by molar-refractivity contribution is 6.24. The Morgan fingerprint density at radius 3 is 2.37 bits per heavy atom. The Bertz CT molecular complexity index is 1440. The number of nitrogens with zero attached hydrogens (tertiary/aromatic N) is 4. The Balaban J connectivity index is 1.50. The van der Waals surface area contributed by atoms with E-state index in [1.54, 1.807) is 41.6 Å². The van der Waals surface area contributed by atoms with Crippen LogP contribution in [0, 0.1) is 22.0 Å². The number of amides is 2. The zero-order valence-electron chi connectivity index (χ0n) is 18.2. The van der Waals surface area contributed by atoms with E-state index in [1.165, 1.54) is 24.3 Å². The highest BCUT2D eigenvalue weighted by Gasteiger charge is 2.65. The monoisotopic (exact) mass is 466 g/mol. The Labute approximate surface area is 199 Å². The van der Waals surface area contributed by atoms with E-state index >= 15 is 0 Å². The number of hydrogen-bond donors (Lipinski definition) is 0. The van der Waals surface area contributed by atoms with Crippen LogP contribution in [0.15, 0.2) is 84.0 Å². The van der Waals surface area contributed by atoms with Crippen LogP contribution in [0.1, 0.15) is 27.5 Å². The minimum atomic E-state index is -0.989. The van der Waals surface area contributed by atoms with E-state index in [0.29, 0.717) is 5.56 Å². The summed E-state index contributed by atoms with van der Waals surface area (Å²) in [6.07, 6.45) is 1.64. The van der Waals surface area contributed by atoms with Gasteiger partial charge in [0.05, 0.1) is 34.7 Å². The molecule has 0 unspecified atom stereocenters. The van der Waals surface area contributed by atoms with Gasteiger partial charge in [-0.3, -0.25) is 29.5 Å². The van der Waals surface area contributed by atoms with Crippen molar-refractivity contribution in [1.29, 1.82) is 0 Å². The lowest BCUT2D eigenvalue weighted by Gasteiger charge is -2.33. The number of non-ortho nitro benzene ring substituents is 1. The van der Waals surface area contributed by atoms with Crippen LogP contribution < -0.4 is 4.90 Å². The van der Waals surface area contributed by atoms with Gasteiger partial charge in [-0.1, -0.05) is 60.7 Å². The molecule has 2 saturated heterocycles. The van der Waals surface area contributed by atoms with Crippen molar-refractivity contribution in [3.05, 3.63) is 106 Å². The molecule has 0 spiro atoms. The molecule has 35 heavy (non-hydrogen) atoms. The van der Waals surface area contributed by atoms with Crippen LogP contribution in [0.2, 0.25) is 0 Å². The van der Waals surface area contributed by atoms with Crippen molar-refractivity contribution in [2.24, 2.45) is 16.9 Å². The van der Waals surface area contributed by atoms with Crippen molar-refractivity contribution >= 4 is 35.2 Å². The molecule has 3 aromatic carbocycles. The maximum Gasteiger partial charge on any atom is 0.271 e. The summed E-state index contributed by atoms with van der Waals surface area (Å²) in [7, 11) is 0. The van der Waals surface area contributed by atoms with Crippen molar-refractivity contribution in [3.63, 3.8) is 0 Å². The molecule has 2 amide bonds. The van der Waals surface area contributed by atoms with E-state index in [9.17, 15) is 24.5 Å². The van der Waals surface area contributed by atoms with Gasteiger partial charge in [-0.15, -0.1) is 0 Å². The molecule has 0 saturated carbocycles. The molecule has 9 nitrogen and oxygen atoms in total. The Morgan fingerprint density at radius 2 is 1.60 bits per heavy atom. The first-order valence-electron chi connectivity index (χ1n) is 11.1. The molecule has 3 aromatic rings. The lowest BCUT2D eigenvalue weighted by molar-refractivity contribution is -0.384. The van der Waals surface area contributed by atoms with E-state index in [0.717, 1.165) is 16.0 Å². The maximum absolute atomic E-state index is 13.8. The van der Waals surface area contributed by atoms with E-state index < -0.39 is 40.7 Å². The molecule has 4 atom stereocenters. The van der Waals surface area contributed by atoms with Crippen molar-refractivity contribution in [3.8, 4) is 0 Å². The number of anilines is 1. The van der Waals surface area contributed by atoms with Gasteiger partial charge < -0.3 is 0 Å². The van der Waals surface area contributed by atoms with E-state index in [2.05, 4.69) is 5.10 Å². The minimum absolute atomic E-state index is 0.119. The Kier molecular flexibility index (Phi) is 4.60. The van der Waals surface area contributed by atoms with Crippen LogP contribution in [-0.4, -0.2) is 39.8 Å². The molecule has 6 rings (SSSR count). The summed E-state index contributed by atoms with van der Waals surface area (Å²) < 4.78 is 0. The number of rotatable bonds is 4. The fraction of sp³-hybridized carbons (Fsp3) is 0.154. The number of nitro benzene ring substituents is 1. The van der Waals surface area contributed by atoms with Crippen molar-refractivity contribution < 1.29 is 19.3 Å². The van der Waals surface area contributed by atoms with Gasteiger partial charge in [-0.05, 0) is 17.2 Å². The Hall–Kier alpha value is -4.66. The van der Waals surface area contributed by atoms with Gasteiger partial charge in [-0.25, -0.2) is 4.90 Å². The molecule has 0 aromatic heterocycles. The van der Waals surface area contributed by atoms with E-state index in [-0.39, 0.29) is 17.2 Å². The van der Waals surface area contributed by atoms with Gasteiger partial charge in [0.15, 0.2) is 5.78 Å². The molecular formula is C26H18N4O5. The number of Topliss-reactive ketones (excluding diaryl/α,β-unsaturated/α-hetero) is 1. The van der Waals surface area contributed by atoms with Gasteiger partial charge in [0.2, 0.25) is 11.8 Å². The number of imide groups is 1. The quantitative estimate of drug-likeness (QED) is 0.252. The second-order valence-electron chi connectivity index (χ2n) is 8.71. The number of nitro groups is 1. The SMILES string of the molecule is O=C(c1ccccc1)[C@@H]1[C@@H]2C(=O)N(c3cccc([N+](=O)[O-])c3)C(=O)[C@H]2[C@@H]2c3ccccc3C=NN12. The standard InChI is InChI=1S/C26H18N4O5/c31-24(15-7-2-1-3-8-15)23-21-20(22-19-12-5-4-9-16(19)14-27-29(22)23)25(32)28(26(21)33)17-10-6-11-18(13-17)30(34)35/h1-14,20-23H/t20-,21-,22+,23+/m1/s1. The summed E-state index contributed by atoms with van der Waals surface area (Å²) in [5.74, 6) is -3.20. The van der Waals surface area contributed by atoms with E-state index in [1.807, 2.05) is 24.3 Å². The molecule has 0 radical (unpaired) electrons. The third kappa shape index (κ3) is 3.01. The summed E-state index contributed by atoms with van der Waals surface area (Å²) >= 11 is 0. The van der Waals surface area contributed by atoms with E-state index in [4.69, 9.17) is 0 Å². The highest BCUT2D eigenvalue weighted by Crippen LogP contribution is 2.53. The minimum Gasteiger partial charge on any atom is -0.292 e. The van der Waals surface area contributed by atoms with Crippen LogP contribution >= 0.6 is 0 Å². The molecule has 3 heterocycles. The zero-order chi connectivity index (χ0) is 24.3. The van der Waals surface area contributed by atoms with Crippen LogP contribution in [0.4, 0.5) is 11.4 Å². The second kappa shape index (κ2) is 7.69. The molecule has 0 bridgehead atoms. The first kappa shape index (κ1) is 20.9. The summed E-state index contributed by atoms with van der Waals surface area (Å²) in [5.41, 5.74) is 1.93. The van der Waals surface area contributed by atoms with Crippen LogP contribution in [0.25, 0.3) is 0 Å². The number of fused-ring (bicyclic) bond motifs is 5. The number of carbonyl (C=O) groups excluding carboxylic acids is 3. The normalized spacial score (nSPS) is 24.2. The number of ketones is 1. The van der Waals surface area contributed by atoms with Gasteiger partial charge in [-0.2, -0.15) is 5.10 Å². The third-order valence-electron chi connectivity index (χ3n) is 6.92. The molecule has 0 N–H and O–H groups in total. The van der Waals surface area contributed by atoms with Crippen molar-refractivity contribution in [1.82, 2.24) is 5.01 Å². The predicted molar refractivity (Wildman–Crippen MR) is 126 cm³/mol.